The van der Waals surface area contributed by atoms with E-state index in [0.717, 1.165) is 28.6 Å². The number of sulfonamides is 1. The standard InChI is InChI=1S/C15H11Cl3FNO3S/c1-9(15(18)21)20(14-7-2-10(16)8-13(14)17)24(22,23)12-5-3-11(19)4-6-12/h2-9H,1H3. The van der Waals surface area contributed by atoms with Crippen LogP contribution in [0.5, 0.6) is 0 Å². The van der Waals surface area contributed by atoms with Crippen molar-refractivity contribution < 1.29 is 17.6 Å². The summed E-state index contributed by atoms with van der Waals surface area (Å²) in [6.07, 6.45) is 0. The second-order valence-corrected chi connectivity index (χ2v) is 7.86. The molecule has 2 aromatic carbocycles. The molecular weight excluding hydrogens is 400 g/mol. The molecule has 128 valence electrons. The lowest BCUT2D eigenvalue weighted by Gasteiger charge is -2.29. The Bertz CT molecular complexity index is 872. The number of carbonyl (C=O) groups is 1. The van der Waals surface area contributed by atoms with Crippen molar-refractivity contribution in [2.24, 2.45) is 0 Å². The maximum absolute atomic E-state index is 13.1. The lowest BCUT2D eigenvalue weighted by atomic mass is 10.3. The average Bonchev–Trinajstić information content (AvgIpc) is 2.49. The minimum absolute atomic E-state index is 0.0259. The topological polar surface area (TPSA) is 54.5 Å². The van der Waals surface area contributed by atoms with Crippen LogP contribution in [0.25, 0.3) is 0 Å². The third kappa shape index (κ3) is 3.83. The molecule has 1 atom stereocenters. The molecule has 9 heteroatoms. The van der Waals surface area contributed by atoms with Crippen LogP contribution in [0.1, 0.15) is 6.92 Å². The fraction of sp³-hybridized carbons (Fsp3) is 0.133. The molecular formula is C15H11Cl3FNO3S. The number of hydrogen-bond acceptors (Lipinski definition) is 3. The summed E-state index contributed by atoms with van der Waals surface area (Å²) in [4.78, 5) is 11.4. The summed E-state index contributed by atoms with van der Waals surface area (Å²) < 4.78 is 39.7. The monoisotopic (exact) mass is 409 g/mol. The Morgan fingerprint density at radius 2 is 1.71 bits per heavy atom. The Morgan fingerprint density at radius 3 is 2.21 bits per heavy atom. The average molecular weight is 411 g/mol. The molecule has 2 aromatic rings. The van der Waals surface area contributed by atoms with Crippen molar-refractivity contribution in [2.45, 2.75) is 17.9 Å². The van der Waals surface area contributed by atoms with E-state index in [-0.39, 0.29) is 15.6 Å². The second kappa shape index (κ2) is 7.27. The van der Waals surface area contributed by atoms with Gasteiger partial charge < -0.3 is 0 Å². The highest BCUT2D eigenvalue weighted by Gasteiger charge is 2.34. The van der Waals surface area contributed by atoms with Crippen molar-refractivity contribution in [1.29, 1.82) is 0 Å². The van der Waals surface area contributed by atoms with Gasteiger partial charge in [-0.1, -0.05) is 23.2 Å². The number of anilines is 1. The Morgan fingerprint density at radius 1 is 1.12 bits per heavy atom. The zero-order chi connectivity index (χ0) is 18.1. The van der Waals surface area contributed by atoms with Gasteiger partial charge in [0.1, 0.15) is 11.9 Å². The van der Waals surface area contributed by atoms with Gasteiger partial charge in [-0.3, -0.25) is 9.10 Å². The predicted octanol–water partition coefficient (Wildman–Crippen LogP) is 4.48. The molecule has 0 aliphatic heterocycles. The molecule has 0 heterocycles. The first-order valence-corrected chi connectivity index (χ1v) is 9.16. The third-order valence-corrected chi connectivity index (χ3v) is 5.95. The van der Waals surface area contributed by atoms with Gasteiger partial charge in [0, 0.05) is 5.02 Å². The van der Waals surface area contributed by atoms with Crippen molar-refractivity contribution in [3.05, 3.63) is 58.3 Å². The van der Waals surface area contributed by atoms with Crippen LogP contribution in [0, 0.1) is 5.82 Å². The van der Waals surface area contributed by atoms with E-state index in [1.165, 1.54) is 25.1 Å². The molecule has 24 heavy (non-hydrogen) atoms. The molecule has 0 aliphatic carbocycles. The molecule has 0 spiro atoms. The Labute approximate surface area is 153 Å². The highest BCUT2D eigenvalue weighted by molar-refractivity contribution is 7.93. The van der Waals surface area contributed by atoms with E-state index in [1.807, 2.05) is 0 Å². The van der Waals surface area contributed by atoms with E-state index in [0.29, 0.717) is 5.02 Å². The fourth-order valence-electron chi connectivity index (χ4n) is 2.02. The molecule has 1 unspecified atom stereocenters. The van der Waals surface area contributed by atoms with Gasteiger partial charge >= 0.3 is 0 Å². The summed E-state index contributed by atoms with van der Waals surface area (Å²) >= 11 is 17.4. The van der Waals surface area contributed by atoms with E-state index in [9.17, 15) is 17.6 Å². The van der Waals surface area contributed by atoms with E-state index in [4.69, 9.17) is 34.8 Å². The quantitative estimate of drug-likeness (QED) is 0.683. The lowest BCUT2D eigenvalue weighted by Crippen LogP contribution is -2.42. The van der Waals surface area contributed by atoms with Gasteiger partial charge in [0.15, 0.2) is 0 Å². The maximum atomic E-state index is 13.1. The van der Waals surface area contributed by atoms with Gasteiger partial charge in [0.2, 0.25) is 5.24 Å². The molecule has 0 aromatic heterocycles. The smallest absolute Gasteiger partial charge is 0.265 e. The second-order valence-electron chi connectivity index (χ2n) is 4.83. The lowest BCUT2D eigenvalue weighted by molar-refractivity contribution is -0.112. The Kier molecular flexibility index (Phi) is 5.75. The number of benzene rings is 2. The van der Waals surface area contributed by atoms with Crippen LogP contribution in [0.2, 0.25) is 10.0 Å². The molecule has 0 N–H and O–H groups in total. The van der Waals surface area contributed by atoms with E-state index >= 15 is 0 Å². The first kappa shape index (κ1) is 19.0. The summed E-state index contributed by atoms with van der Waals surface area (Å²) in [7, 11) is -4.22. The molecule has 4 nitrogen and oxygen atoms in total. The first-order chi connectivity index (χ1) is 11.1. The SMILES string of the molecule is CC(C(=O)Cl)N(c1ccc(Cl)cc1Cl)S(=O)(=O)c1ccc(F)cc1. The molecule has 0 fully saturated rings. The van der Waals surface area contributed by atoms with Gasteiger partial charge in [-0.25, -0.2) is 12.8 Å². The van der Waals surface area contributed by atoms with Gasteiger partial charge in [-0.15, -0.1) is 0 Å². The van der Waals surface area contributed by atoms with Crippen molar-refractivity contribution in [2.75, 3.05) is 4.31 Å². The summed E-state index contributed by atoms with van der Waals surface area (Å²) in [6.45, 7) is 1.32. The van der Waals surface area contributed by atoms with Crippen LogP contribution in [0.4, 0.5) is 10.1 Å². The molecule has 2 rings (SSSR count). The van der Waals surface area contributed by atoms with Gasteiger partial charge in [-0.2, -0.15) is 0 Å². The highest BCUT2D eigenvalue weighted by atomic mass is 35.5. The minimum atomic E-state index is -4.22. The molecule has 0 bridgehead atoms. The van der Waals surface area contributed by atoms with Crippen molar-refractivity contribution in [3.8, 4) is 0 Å². The van der Waals surface area contributed by atoms with E-state index in [2.05, 4.69) is 0 Å². The normalized spacial score (nSPS) is 12.7. The van der Waals surface area contributed by atoms with Crippen molar-refractivity contribution >= 4 is 55.8 Å². The number of nitrogens with zero attached hydrogens (tertiary/aromatic N) is 1. The molecule has 0 radical (unpaired) electrons. The maximum Gasteiger partial charge on any atom is 0.265 e. The van der Waals surface area contributed by atoms with E-state index in [1.54, 1.807) is 0 Å². The number of halogens is 4. The largest absolute Gasteiger partial charge is 0.279 e. The first-order valence-electron chi connectivity index (χ1n) is 6.59. The summed E-state index contributed by atoms with van der Waals surface area (Å²) in [5.41, 5.74) is 0.0342. The zero-order valence-corrected chi connectivity index (χ0v) is 15.3. The highest BCUT2D eigenvalue weighted by Crippen LogP contribution is 2.34. The van der Waals surface area contributed by atoms with Crippen LogP contribution in [0.15, 0.2) is 47.4 Å². The van der Waals surface area contributed by atoms with Crippen molar-refractivity contribution in [3.63, 3.8) is 0 Å². The zero-order valence-electron chi connectivity index (χ0n) is 12.2. The molecule has 0 saturated heterocycles. The molecule has 0 aliphatic rings. The van der Waals surface area contributed by atoms with Gasteiger partial charge in [0.05, 0.1) is 15.6 Å². The Balaban J connectivity index is 2.66. The van der Waals surface area contributed by atoms with E-state index < -0.39 is 27.1 Å². The van der Waals surface area contributed by atoms with Crippen LogP contribution in [0.3, 0.4) is 0 Å². The summed E-state index contributed by atoms with van der Waals surface area (Å²) in [6, 6.07) is 7.09. The number of rotatable bonds is 5. The minimum Gasteiger partial charge on any atom is -0.279 e. The molecule has 0 saturated carbocycles. The summed E-state index contributed by atoms with van der Waals surface area (Å²) in [5.74, 6) is -0.591. The molecule has 0 amide bonds. The summed E-state index contributed by atoms with van der Waals surface area (Å²) in [5, 5.41) is -0.572. The number of hydrogen-bond donors (Lipinski definition) is 0. The van der Waals surface area contributed by atoms with Crippen LogP contribution in [-0.2, 0) is 14.8 Å². The Hall–Kier alpha value is -1.34. The van der Waals surface area contributed by atoms with Crippen LogP contribution < -0.4 is 4.31 Å². The third-order valence-electron chi connectivity index (χ3n) is 3.20. The predicted molar refractivity (Wildman–Crippen MR) is 92.8 cm³/mol. The van der Waals surface area contributed by atoms with Crippen LogP contribution >= 0.6 is 34.8 Å². The van der Waals surface area contributed by atoms with Gasteiger partial charge in [-0.05, 0) is 61.0 Å². The van der Waals surface area contributed by atoms with Crippen LogP contribution in [-0.4, -0.2) is 19.7 Å². The van der Waals surface area contributed by atoms with Crippen molar-refractivity contribution in [1.82, 2.24) is 0 Å². The van der Waals surface area contributed by atoms with Gasteiger partial charge in [0.25, 0.3) is 10.0 Å². The fourth-order valence-corrected chi connectivity index (χ4v) is 4.36. The number of carbonyl (C=O) groups excluding carboxylic acids is 1.